The van der Waals surface area contributed by atoms with Gasteiger partial charge >= 0.3 is 0 Å². The molecule has 0 saturated heterocycles. The summed E-state index contributed by atoms with van der Waals surface area (Å²) in [6.07, 6.45) is 2.39. The zero-order chi connectivity index (χ0) is 19.2. The Bertz CT molecular complexity index is 951. The predicted octanol–water partition coefficient (Wildman–Crippen LogP) is 2.94. The number of benzene rings is 2. The fourth-order valence-corrected chi connectivity index (χ4v) is 2.58. The lowest BCUT2D eigenvalue weighted by molar-refractivity contribution is -0.115. The van der Waals surface area contributed by atoms with Crippen LogP contribution < -0.4 is 10.6 Å². The molecule has 0 aliphatic rings. The molecule has 0 bridgehead atoms. The molecule has 1 aromatic heterocycles. The second-order valence-electron chi connectivity index (χ2n) is 5.86. The van der Waals surface area contributed by atoms with Crippen molar-refractivity contribution in [3.05, 3.63) is 77.9 Å². The van der Waals surface area contributed by atoms with Crippen molar-refractivity contribution in [2.24, 2.45) is 0 Å². The maximum atomic E-state index is 13.0. The molecule has 0 aliphatic carbocycles. The molecule has 3 rings (SSSR count). The Morgan fingerprint density at radius 1 is 1.07 bits per heavy atom. The number of carbonyl (C=O) groups is 2. The summed E-state index contributed by atoms with van der Waals surface area (Å²) in [4.78, 5) is 24.3. The van der Waals surface area contributed by atoms with Crippen molar-refractivity contribution in [3.63, 3.8) is 0 Å². The zero-order valence-corrected chi connectivity index (χ0v) is 14.8. The highest BCUT2D eigenvalue weighted by Gasteiger charge is 2.12. The summed E-state index contributed by atoms with van der Waals surface area (Å²) in [7, 11) is 0. The van der Waals surface area contributed by atoms with Gasteiger partial charge in [0.05, 0.1) is 12.2 Å². The third-order valence-corrected chi connectivity index (χ3v) is 3.99. The molecule has 0 atom stereocenters. The summed E-state index contributed by atoms with van der Waals surface area (Å²) < 4.78 is 14.4. The average Bonchev–Trinajstić information content (AvgIpc) is 3.17. The van der Waals surface area contributed by atoms with Gasteiger partial charge in [-0.1, -0.05) is 25.1 Å². The maximum absolute atomic E-state index is 13.0. The summed E-state index contributed by atoms with van der Waals surface area (Å²) in [5.74, 6) is -1.13. The van der Waals surface area contributed by atoms with E-state index in [1.54, 1.807) is 18.3 Å². The number of carbonyl (C=O) groups excluding carboxylic acids is 2. The van der Waals surface area contributed by atoms with Gasteiger partial charge in [-0.25, -0.2) is 9.07 Å². The van der Waals surface area contributed by atoms with Crippen molar-refractivity contribution in [2.75, 3.05) is 11.9 Å². The molecule has 2 amide bonds. The summed E-state index contributed by atoms with van der Waals surface area (Å²) in [6, 6.07) is 14.8. The van der Waals surface area contributed by atoms with Crippen LogP contribution in [0.3, 0.4) is 0 Å². The Morgan fingerprint density at radius 3 is 2.56 bits per heavy atom. The summed E-state index contributed by atoms with van der Waals surface area (Å²) >= 11 is 0. The van der Waals surface area contributed by atoms with Crippen LogP contribution >= 0.6 is 0 Å². The minimum atomic E-state index is -0.463. The third-order valence-electron chi connectivity index (χ3n) is 3.99. The maximum Gasteiger partial charge on any atom is 0.272 e. The lowest BCUT2D eigenvalue weighted by Gasteiger charge is -2.10. The Labute approximate surface area is 156 Å². The Hall–Kier alpha value is -3.48. The lowest BCUT2D eigenvalue weighted by Crippen LogP contribution is -2.33. The first-order valence-electron chi connectivity index (χ1n) is 8.54. The van der Waals surface area contributed by atoms with Crippen molar-refractivity contribution in [1.29, 1.82) is 0 Å². The minimum Gasteiger partial charge on any atom is -0.342 e. The molecular formula is C20H19FN4O2. The van der Waals surface area contributed by atoms with Crippen LogP contribution in [0.15, 0.2) is 60.8 Å². The molecule has 0 unspecified atom stereocenters. The first-order chi connectivity index (χ1) is 13.1. The first-order valence-corrected chi connectivity index (χ1v) is 8.54. The molecule has 0 radical (unpaired) electrons. The molecule has 138 valence electrons. The van der Waals surface area contributed by atoms with Crippen LogP contribution in [-0.4, -0.2) is 28.1 Å². The normalized spacial score (nSPS) is 10.4. The van der Waals surface area contributed by atoms with Crippen LogP contribution in [0.5, 0.6) is 0 Å². The number of rotatable bonds is 6. The number of para-hydroxylation sites is 1. The highest BCUT2D eigenvalue weighted by atomic mass is 19.1. The quantitative estimate of drug-likeness (QED) is 0.704. The first kappa shape index (κ1) is 18.3. The van der Waals surface area contributed by atoms with Crippen LogP contribution in [0.4, 0.5) is 10.1 Å². The van der Waals surface area contributed by atoms with Crippen LogP contribution in [0.25, 0.3) is 5.69 Å². The number of hydrogen-bond acceptors (Lipinski definition) is 3. The molecule has 0 saturated carbocycles. The van der Waals surface area contributed by atoms with Crippen LogP contribution in [0.1, 0.15) is 23.0 Å². The predicted molar refractivity (Wildman–Crippen MR) is 100 cm³/mol. The zero-order valence-electron chi connectivity index (χ0n) is 14.8. The standard InChI is InChI=1S/C20H19FN4O2/c1-2-14-5-3-4-6-17(14)23-19(26)13-22-20(27)18-11-12-25(24-18)16-9-7-15(21)8-10-16/h3-12H,2,13H2,1H3,(H,22,27)(H,23,26). The van der Waals surface area contributed by atoms with Gasteiger partial charge in [0, 0.05) is 11.9 Å². The van der Waals surface area contributed by atoms with Gasteiger partial charge in [-0.15, -0.1) is 0 Å². The van der Waals surface area contributed by atoms with E-state index in [1.807, 2.05) is 31.2 Å². The van der Waals surface area contributed by atoms with Crippen LogP contribution in [0.2, 0.25) is 0 Å². The van der Waals surface area contributed by atoms with Crippen molar-refractivity contribution < 1.29 is 14.0 Å². The number of halogens is 1. The lowest BCUT2D eigenvalue weighted by atomic mass is 10.1. The molecule has 27 heavy (non-hydrogen) atoms. The van der Waals surface area contributed by atoms with Gasteiger partial charge in [-0.05, 0) is 48.4 Å². The van der Waals surface area contributed by atoms with E-state index in [4.69, 9.17) is 0 Å². The fourth-order valence-electron chi connectivity index (χ4n) is 2.58. The summed E-state index contributed by atoms with van der Waals surface area (Å²) in [5, 5.41) is 9.48. The highest BCUT2D eigenvalue weighted by molar-refractivity contribution is 5.98. The Kier molecular flexibility index (Phi) is 5.61. The number of aryl methyl sites for hydroxylation is 1. The van der Waals surface area contributed by atoms with Gasteiger partial charge in [0.1, 0.15) is 5.82 Å². The number of aromatic nitrogens is 2. The second-order valence-corrected chi connectivity index (χ2v) is 5.86. The number of amides is 2. The third kappa shape index (κ3) is 4.58. The summed E-state index contributed by atoms with van der Waals surface area (Å²) in [6.45, 7) is 1.84. The molecule has 6 nitrogen and oxygen atoms in total. The van der Waals surface area contributed by atoms with Crippen LogP contribution in [-0.2, 0) is 11.2 Å². The number of anilines is 1. The fraction of sp³-hybridized carbons (Fsp3) is 0.150. The molecule has 0 aliphatic heterocycles. The van der Waals surface area contributed by atoms with Gasteiger partial charge in [-0.2, -0.15) is 5.10 Å². The molecule has 3 aromatic rings. The Morgan fingerprint density at radius 2 is 1.81 bits per heavy atom. The van der Waals surface area contributed by atoms with Crippen molar-refractivity contribution in [1.82, 2.24) is 15.1 Å². The van der Waals surface area contributed by atoms with Crippen molar-refractivity contribution >= 4 is 17.5 Å². The second kappa shape index (κ2) is 8.27. The van der Waals surface area contributed by atoms with E-state index in [-0.39, 0.29) is 24.0 Å². The van der Waals surface area contributed by atoms with Gasteiger partial charge < -0.3 is 10.6 Å². The number of nitrogens with one attached hydrogen (secondary N) is 2. The molecule has 2 N–H and O–H groups in total. The number of hydrogen-bond donors (Lipinski definition) is 2. The van der Waals surface area contributed by atoms with Gasteiger partial charge in [-0.3, -0.25) is 9.59 Å². The van der Waals surface area contributed by atoms with Crippen LogP contribution in [0, 0.1) is 5.82 Å². The molecule has 0 fully saturated rings. The minimum absolute atomic E-state index is 0.166. The van der Waals surface area contributed by atoms with E-state index in [2.05, 4.69) is 15.7 Å². The van der Waals surface area contributed by atoms with Gasteiger partial charge in [0.15, 0.2) is 5.69 Å². The van der Waals surface area contributed by atoms with Crippen molar-refractivity contribution in [2.45, 2.75) is 13.3 Å². The smallest absolute Gasteiger partial charge is 0.272 e. The van der Waals surface area contributed by atoms with E-state index in [1.165, 1.54) is 22.9 Å². The van der Waals surface area contributed by atoms with Gasteiger partial charge in [0.25, 0.3) is 5.91 Å². The molecule has 1 heterocycles. The largest absolute Gasteiger partial charge is 0.342 e. The molecular weight excluding hydrogens is 347 g/mol. The molecule has 7 heteroatoms. The van der Waals surface area contributed by atoms with E-state index in [0.29, 0.717) is 5.69 Å². The van der Waals surface area contributed by atoms with Crippen molar-refractivity contribution in [3.8, 4) is 5.69 Å². The Balaban J connectivity index is 1.58. The summed E-state index contributed by atoms with van der Waals surface area (Å²) in [5.41, 5.74) is 2.56. The van der Waals surface area contributed by atoms with E-state index >= 15 is 0 Å². The topological polar surface area (TPSA) is 76.0 Å². The van der Waals surface area contributed by atoms with E-state index < -0.39 is 5.91 Å². The SMILES string of the molecule is CCc1ccccc1NC(=O)CNC(=O)c1ccn(-c2ccc(F)cc2)n1. The van der Waals surface area contributed by atoms with Gasteiger partial charge in [0.2, 0.25) is 5.91 Å². The molecule has 0 spiro atoms. The molecule has 2 aromatic carbocycles. The monoisotopic (exact) mass is 366 g/mol. The number of nitrogens with zero attached hydrogens (tertiary/aromatic N) is 2. The highest BCUT2D eigenvalue weighted by Crippen LogP contribution is 2.15. The van der Waals surface area contributed by atoms with E-state index in [9.17, 15) is 14.0 Å². The average molecular weight is 366 g/mol. The van der Waals surface area contributed by atoms with E-state index in [0.717, 1.165) is 17.7 Å².